The third-order valence-electron chi connectivity index (χ3n) is 3.49. The molecule has 0 atom stereocenters. The van der Waals surface area contributed by atoms with Crippen molar-refractivity contribution in [3.63, 3.8) is 0 Å². The van der Waals surface area contributed by atoms with E-state index in [1.54, 1.807) is 6.92 Å². The minimum atomic E-state index is -1.04. The Kier molecular flexibility index (Phi) is 6.01. The number of carboxylic acid groups (broad SMARTS) is 1. The van der Waals surface area contributed by atoms with E-state index in [9.17, 15) is 9.59 Å². The van der Waals surface area contributed by atoms with Crippen LogP contribution in [0.5, 0.6) is 5.75 Å². The molecule has 0 aliphatic carbocycles. The largest absolute Gasteiger partial charge is 0.494 e. The average Bonchev–Trinajstić information content (AvgIpc) is 2.88. The number of aryl methyl sites for hydroxylation is 2. The number of benzene rings is 1. The molecule has 2 rings (SSSR count). The zero-order chi connectivity index (χ0) is 17.5. The molecule has 1 heterocycles. The molecule has 0 aliphatic heterocycles. The van der Waals surface area contributed by atoms with Crippen molar-refractivity contribution in [3.05, 3.63) is 53.0 Å². The van der Waals surface area contributed by atoms with Gasteiger partial charge in [-0.1, -0.05) is 17.7 Å². The summed E-state index contributed by atoms with van der Waals surface area (Å²) in [5, 5.41) is 11.6. The monoisotopic (exact) mass is 331 g/mol. The fraction of sp³-hybridized carbons (Fsp3) is 0.333. The number of ether oxygens (including phenoxy) is 1. The number of carboxylic acids is 1. The molecular weight excluding hydrogens is 310 g/mol. The standard InChI is InChI=1S/C18H21NO5/c1-12-4-6-14(7-5-12)23-9-3-8-19-18(22)17-13(2)11-24-15(17)10-16(20)21/h4-7,11H,3,8-10H2,1-2H3,(H,19,22)(H,20,21). The number of nitrogens with one attached hydrogen (secondary N) is 1. The number of hydrogen-bond donors (Lipinski definition) is 2. The Morgan fingerprint density at radius 2 is 1.92 bits per heavy atom. The maximum absolute atomic E-state index is 12.2. The van der Waals surface area contributed by atoms with Gasteiger partial charge in [0.25, 0.3) is 5.91 Å². The van der Waals surface area contributed by atoms with Crippen LogP contribution < -0.4 is 10.1 Å². The molecule has 0 fully saturated rings. The van der Waals surface area contributed by atoms with E-state index < -0.39 is 5.97 Å². The summed E-state index contributed by atoms with van der Waals surface area (Å²) in [6.45, 7) is 4.64. The topological polar surface area (TPSA) is 88.8 Å². The second-order valence-electron chi connectivity index (χ2n) is 5.56. The van der Waals surface area contributed by atoms with Gasteiger partial charge in [-0.2, -0.15) is 0 Å². The highest BCUT2D eigenvalue weighted by Crippen LogP contribution is 2.17. The van der Waals surface area contributed by atoms with Crippen molar-refractivity contribution >= 4 is 11.9 Å². The van der Waals surface area contributed by atoms with Gasteiger partial charge in [0.1, 0.15) is 17.9 Å². The molecule has 128 valence electrons. The molecule has 6 heteroatoms. The second-order valence-corrected chi connectivity index (χ2v) is 5.56. The van der Waals surface area contributed by atoms with Gasteiger partial charge in [-0.15, -0.1) is 0 Å². The Morgan fingerprint density at radius 3 is 2.58 bits per heavy atom. The van der Waals surface area contributed by atoms with Crippen molar-refractivity contribution < 1.29 is 23.8 Å². The maximum atomic E-state index is 12.2. The van der Waals surface area contributed by atoms with Crippen LogP contribution in [-0.2, 0) is 11.2 Å². The molecule has 1 amide bonds. The van der Waals surface area contributed by atoms with Crippen LogP contribution in [0.3, 0.4) is 0 Å². The Morgan fingerprint density at radius 1 is 1.21 bits per heavy atom. The second kappa shape index (κ2) is 8.19. The number of furan rings is 1. The molecule has 0 radical (unpaired) electrons. The fourth-order valence-electron chi connectivity index (χ4n) is 2.26. The lowest BCUT2D eigenvalue weighted by atomic mass is 10.1. The number of aliphatic carboxylic acids is 1. The van der Waals surface area contributed by atoms with Gasteiger partial charge in [0, 0.05) is 12.1 Å². The lowest BCUT2D eigenvalue weighted by molar-refractivity contribution is -0.136. The van der Waals surface area contributed by atoms with Crippen molar-refractivity contribution in [3.8, 4) is 5.75 Å². The van der Waals surface area contributed by atoms with Gasteiger partial charge in [-0.05, 0) is 32.4 Å². The van der Waals surface area contributed by atoms with E-state index in [0.29, 0.717) is 30.7 Å². The highest BCUT2D eigenvalue weighted by molar-refractivity contribution is 5.97. The number of rotatable bonds is 8. The van der Waals surface area contributed by atoms with Crippen LogP contribution in [0.25, 0.3) is 0 Å². The first-order chi connectivity index (χ1) is 11.5. The summed E-state index contributed by atoms with van der Waals surface area (Å²) in [6.07, 6.45) is 1.73. The Balaban J connectivity index is 1.78. The molecule has 1 aromatic carbocycles. The number of hydrogen-bond acceptors (Lipinski definition) is 4. The predicted octanol–water partition coefficient (Wildman–Crippen LogP) is 2.72. The first kappa shape index (κ1) is 17.6. The van der Waals surface area contributed by atoms with E-state index in [4.69, 9.17) is 14.3 Å². The molecule has 2 N–H and O–H groups in total. The van der Waals surface area contributed by atoms with Gasteiger partial charge in [0.05, 0.1) is 18.4 Å². The Hall–Kier alpha value is -2.76. The van der Waals surface area contributed by atoms with E-state index >= 15 is 0 Å². The number of carbonyl (C=O) groups excluding carboxylic acids is 1. The Labute approximate surface area is 140 Å². The van der Waals surface area contributed by atoms with E-state index in [2.05, 4.69) is 5.32 Å². The third kappa shape index (κ3) is 4.87. The van der Waals surface area contributed by atoms with Crippen LogP contribution in [0.1, 0.15) is 33.7 Å². The van der Waals surface area contributed by atoms with Crippen LogP contribution in [-0.4, -0.2) is 30.1 Å². The molecule has 0 bridgehead atoms. The zero-order valence-corrected chi connectivity index (χ0v) is 13.8. The van der Waals surface area contributed by atoms with Gasteiger partial charge in [0.2, 0.25) is 0 Å². The average molecular weight is 331 g/mol. The minimum Gasteiger partial charge on any atom is -0.494 e. The molecule has 0 aliphatic rings. The lowest BCUT2D eigenvalue weighted by Gasteiger charge is -2.08. The maximum Gasteiger partial charge on any atom is 0.311 e. The summed E-state index contributed by atoms with van der Waals surface area (Å²) in [6, 6.07) is 7.76. The quantitative estimate of drug-likeness (QED) is 0.726. The third-order valence-corrected chi connectivity index (χ3v) is 3.49. The van der Waals surface area contributed by atoms with E-state index in [-0.39, 0.29) is 18.1 Å². The molecule has 0 unspecified atom stereocenters. The fourth-order valence-corrected chi connectivity index (χ4v) is 2.26. The smallest absolute Gasteiger partial charge is 0.311 e. The molecule has 6 nitrogen and oxygen atoms in total. The highest BCUT2D eigenvalue weighted by Gasteiger charge is 2.20. The van der Waals surface area contributed by atoms with Crippen LogP contribution in [0, 0.1) is 13.8 Å². The molecule has 0 saturated heterocycles. The lowest BCUT2D eigenvalue weighted by Crippen LogP contribution is -2.27. The number of amides is 1. The van der Waals surface area contributed by atoms with Gasteiger partial charge in [-0.25, -0.2) is 0 Å². The predicted molar refractivity (Wildman–Crippen MR) is 88.4 cm³/mol. The molecule has 0 spiro atoms. The van der Waals surface area contributed by atoms with Gasteiger partial charge < -0.3 is 19.6 Å². The SMILES string of the molecule is Cc1ccc(OCCCNC(=O)c2c(C)coc2CC(=O)O)cc1. The first-order valence-corrected chi connectivity index (χ1v) is 7.74. The molecule has 1 aromatic heterocycles. The van der Waals surface area contributed by atoms with E-state index in [1.807, 2.05) is 31.2 Å². The van der Waals surface area contributed by atoms with E-state index in [1.165, 1.54) is 11.8 Å². The summed E-state index contributed by atoms with van der Waals surface area (Å²) < 4.78 is 10.7. The summed E-state index contributed by atoms with van der Waals surface area (Å²) in [4.78, 5) is 23.0. The van der Waals surface area contributed by atoms with Crippen molar-refractivity contribution in [1.82, 2.24) is 5.32 Å². The van der Waals surface area contributed by atoms with Crippen LogP contribution in [0.2, 0.25) is 0 Å². The van der Waals surface area contributed by atoms with Crippen molar-refractivity contribution in [2.24, 2.45) is 0 Å². The van der Waals surface area contributed by atoms with Crippen molar-refractivity contribution in [2.45, 2.75) is 26.7 Å². The zero-order valence-electron chi connectivity index (χ0n) is 13.8. The molecule has 0 saturated carbocycles. The van der Waals surface area contributed by atoms with Gasteiger partial charge >= 0.3 is 5.97 Å². The molecule has 2 aromatic rings. The van der Waals surface area contributed by atoms with E-state index in [0.717, 1.165) is 5.75 Å². The summed E-state index contributed by atoms with van der Waals surface area (Å²) in [7, 11) is 0. The van der Waals surface area contributed by atoms with Crippen LogP contribution in [0.15, 0.2) is 34.9 Å². The molecule has 24 heavy (non-hydrogen) atoms. The highest BCUT2D eigenvalue weighted by atomic mass is 16.5. The normalized spacial score (nSPS) is 10.4. The van der Waals surface area contributed by atoms with Gasteiger partial charge in [0.15, 0.2) is 0 Å². The molecular formula is C18H21NO5. The Bertz CT molecular complexity index is 703. The summed E-state index contributed by atoms with van der Waals surface area (Å²) in [5.74, 6) is -0.396. The number of carbonyl (C=O) groups is 2. The van der Waals surface area contributed by atoms with Crippen molar-refractivity contribution in [2.75, 3.05) is 13.2 Å². The summed E-state index contributed by atoms with van der Waals surface area (Å²) >= 11 is 0. The first-order valence-electron chi connectivity index (χ1n) is 7.74. The van der Waals surface area contributed by atoms with Crippen molar-refractivity contribution in [1.29, 1.82) is 0 Å². The van der Waals surface area contributed by atoms with Gasteiger partial charge in [-0.3, -0.25) is 9.59 Å². The van der Waals surface area contributed by atoms with Crippen LogP contribution >= 0.6 is 0 Å². The minimum absolute atomic E-state index is 0.174. The van der Waals surface area contributed by atoms with Crippen LogP contribution in [0.4, 0.5) is 0 Å². The summed E-state index contributed by atoms with van der Waals surface area (Å²) in [5.41, 5.74) is 2.10.